The van der Waals surface area contributed by atoms with E-state index in [9.17, 15) is 39.9 Å². The number of hydrogen-bond donors (Lipinski definition) is 5. The first kappa shape index (κ1) is 26.2. The summed E-state index contributed by atoms with van der Waals surface area (Å²) in [5.41, 5.74) is 0. The van der Waals surface area contributed by atoms with Crippen molar-refractivity contribution in [2.75, 3.05) is 72.0 Å². The van der Waals surface area contributed by atoms with Crippen LogP contribution in [0.4, 0.5) is 0 Å². The quantitative estimate of drug-likeness (QED) is 0.244. The van der Waals surface area contributed by atoms with Crippen LogP contribution < -0.4 is 0 Å². The molecule has 0 amide bonds. The van der Waals surface area contributed by atoms with Gasteiger partial charge in [0.15, 0.2) is 6.29 Å². The van der Waals surface area contributed by atoms with Crippen LogP contribution >= 0.6 is 0 Å². The average molecular weight is 434 g/mol. The Balaban J connectivity index is 3.08. The number of aliphatic carboxylic acids is 3. The minimum Gasteiger partial charge on any atom is -0.480 e. The van der Waals surface area contributed by atoms with E-state index >= 15 is 0 Å². The van der Waals surface area contributed by atoms with Gasteiger partial charge in [-0.25, -0.2) is 0 Å². The van der Waals surface area contributed by atoms with Crippen molar-refractivity contribution in [2.24, 2.45) is 0 Å². The predicted molar refractivity (Wildman–Crippen MR) is 106 cm³/mol. The Morgan fingerprint density at radius 3 is 1.60 bits per heavy atom. The molecule has 5 N–H and O–H groups in total. The molecule has 1 unspecified atom stereocenters. The maximum Gasteiger partial charge on any atom is 0.317 e. The van der Waals surface area contributed by atoms with Crippen molar-refractivity contribution in [3.8, 4) is 0 Å². The maximum atomic E-state index is 11.4. The molecule has 0 aliphatic carbocycles. The molecule has 30 heavy (non-hydrogen) atoms. The Morgan fingerprint density at radius 2 is 1.20 bits per heavy atom. The molecule has 0 saturated carbocycles. The summed E-state index contributed by atoms with van der Waals surface area (Å²) in [7, 11) is 0. The standard InChI is InChI=1S/C18H34N4O8/c1-2-14-9-21(12-17(27)28)6-5-19(10-15(23)24)3-4-20(11-16(25)26)7-8-22(14)13-18(29)30/h14,17,27-28H,2-13H2,1H3,(H,23,24)(H,25,26)(H,29,30). The maximum absolute atomic E-state index is 11.4. The molecule has 1 heterocycles. The number of carboxylic acid groups (broad SMARTS) is 3. The molecule has 1 saturated heterocycles. The van der Waals surface area contributed by atoms with E-state index in [1.807, 2.05) is 6.92 Å². The van der Waals surface area contributed by atoms with E-state index in [-0.39, 0.29) is 32.2 Å². The zero-order valence-electron chi connectivity index (χ0n) is 17.4. The van der Waals surface area contributed by atoms with E-state index in [1.165, 1.54) is 0 Å². The van der Waals surface area contributed by atoms with Crippen molar-refractivity contribution in [1.29, 1.82) is 0 Å². The van der Waals surface area contributed by atoms with Crippen molar-refractivity contribution in [3.63, 3.8) is 0 Å². The lowest BCUT2D eigenvalue weighted by Crippen LogP contribution is -2.53. The van der Waals surface area contributed by atoms with E-state index in [2.05, 4.69) is 0 Å². The Morgan fingerprint density at radius 1 is 0.767 bits per heavy atom. The van der Waals surface area contributed by atoms with E-state index < -0.39 is 24.2 Å². The fraction of sp³-hybridized carbons (Fsp3) is 0.833. The SMILES string of the molecule is CCC1CN(CC(O)O)CCN(CC(=O)O)CCN(CC(=O)O)CCN1CC(=O)O. The van der Waals surface area contributed by atoms with E-state index in [4.69, 9.17) is 0 Å². The molecule has 0 radical (unpaired) electrons. The molecule has 12 nitrogen and oxygen atoms in total. The molecule has 12 heteroatoms. The predicted octanol–water partition coefficient (Wildman–Crippen LogP) is -2.45. The number of aliphatic hydroxyl groups excluding tert-OH is 1. The van der Waals surface area contributed by atoms with Crippen LogP contribution in [0.3, 0.4) is 0 Å². The number of aliphatic hydroxyl groups is 2. The number of carboxylic acids is 3. The van der Waals surface area contributed by atoms with E-state index in [1.54, 1.807) is 19.6 Å². The molecule has 0 aromatic carbocycles. The Hall–Kier alpha value is -1.83. The van der Waals surface area contributed by atoms with E-state index in [0.29, 0.717) is 52.2 Å². The van der Waals surface area contributed by atoms with Gasteiger partial charge < -0.3 is 25.5 Å². The van der Waals surface area contributed by atoms with Gasteiger partial charge in [-0.1, -0.05) is 6.92 Å². The van der Waals surface area contributed by atoms with Gasteiger partial charge in [0.1, 0.15) is 0 Å². The molecule has 174 valence electrons. The molecule has 0 aromatic rings. The monoisotopic (exact) mass is 434 g/mol. The number of hydrogen-bond acceptors (Lipinski definition) is 9. The highest BCUT2D eigenvalue weighted by Gasteiger charge is 2.25. The van der Waals surface area contributed by atoms with Crippen LogP contribution in [0, 0.1) is 0 Å². The van der Waals surface area contributed by atoms with Crippen LogP contribution in [-0.2, 0) is 14.4 Å². The molecule has 0 aromatic heterocycles. The molecule has 1 aliphatic rings. The summed E-state index contributed by atoms with van der Waals surface area (Å²) in [5.74, 6) is -3.00. The first-order valence-corrected chi connectivity index (χ1v) is 10.0. The van der Waals surface area contributed by atoms with Crippen LogP contribution in [-0.4, -0.2) is 147 Å². The molecule has 1 atom stereocenters. The molecular weight excluding hydrogens is 400 g/mol. The lowest BCUT2D eigenvalue weighted by Gasteiger charge is -2.37. The molecule has 1 fully saturated rings. The number of nitrogens with zero attached hydrogens (tertiary/aromatic N) is 4. The zero-order valence-corrected chi connectivity index (χ0v) is 17.4. The van der Waals surface area contributed by atoms with Gasteiger partial charge in [0.2, 0.25) is 0 Å². The molecule has 0 spiro atoms. The van der Waals surface area contributed by atoms with Gasteiger partial charge in [-0.3, -0.25) is 34.0 Å². The summed E-state index contributed by atoms with van der Waals surface area (Å²) >= 11 is 0. The van der Waals surface area contributed by atoms with Crippen LogP contribution in [0.1, 0.15) is 13.3 Å². The third kappa shape index (κ3) is 10.8. The third-order valence-electron chi connectivity index (χ3n) is 5.10. The highest BCUT2D eigenvalue weighted by Crippen LogP contribution is 2.10. The molecule has 1 aliphatic heterocycles. The van der Waals surface area contributed by atoms with Gasteiger partial charge in [0.05, 0.1) is 19.6 Å². The first-order valence-electron chi connectivity index (χ1n) is 10.0. The van der Waals surface area contributed by atoms with Crippen molar-refractivity contribution in [1.82, 2.24) is 19.6 Å². The summed E-state index contributed by atoms with van der Waals surface area (Å²) in [6.07, 6.45) is -0.953. The summed E-state index contributed by atoms with van der Waals surface area (Å²) in [4.78, 5) is 40.7. The van der Waals surface area contributed by atoms with Crippen LogP contribution in [0.15, 0.2) is 0 Å². The number of β-amino-alcohol motifs (C(OH)–C–C–N with tert-alkyl or cyclic N) is 2. The van der Waals surface area contributed by atoms with Gasteiger partial charge in [0.25, 0.3) is 0 Å². The second kappa shape index (κ2) is 13.5. The highest BCUT2D eigenvalue weighted by atomic mass is 16.5. The minimum absolute atomic E-state index is 0.0382. The second-order valence-corrected chi connectivity index (χ2v) is 7.51. The molecule has 0 bridgehead atoms. The Bertz CT molecular complexity index is 562. The van der Waals surface area contributed by atoms with E-state index in [0.717, 1.165) is 0 Å². The Labute approximate surface area is 175 Å². The van der Waals surface area contributed by atoms with Gasteiger partial charge in [-0.2, -0.15) is 0 Å². The highest BCUT2D eigenvalue weighted by molar-refractivity contribution is 5.69. The number of carbonyl (C=O) groups is 3. The lowest BCUT2D eigenvalue weighted by molar-refractivity contribution is -0.141. The number of rotatable bonds is 9. The third-order valence-corrected chi connectivity index (χ3v) is 5.10. The fourth-order valence-corrected chi connectivity index (χ4v) is 3.61. The van der Waals surface area contributed by atoms with Gasteiger partial charge in [-0.15, -0.1) is 0 Å². The first-order chi connectivity index (χ1) is 14.1. The molecule has 1 rings (SSSR count). The fourth-order valence-electron chi connectivity index (χ4n) is 3.61. The van der Waals surface area contributed by atoms with Crippen LogP contribution in [0.25, 0.3) is 0 Å². The van der Waals surface area contributed by atoms with Crippen molar-refractivity contribution in [2.45, 2.75) is 25.7 Å². The average Bonchev–Trinajstić information content (AvgIpc) is 2.61. The van der Waals surface area contributed by atoms with Crippen LogP contribution in [0.5, 0.6) is 0 Å². The topological polar surface area (TPSA) is 165 Å². The summed E-state index contributed by atoms with van der Waals surface area (Å²) in [5, 5.41) is 46.5. The van der Waals surface area contributed by atoms with Crippen molar-refractivity contribution < 1.29 is 39.9 Å². The summed E-state index contributed by atoms with van der Waals surface area (Å²) in [6, 6.07) is -0.195. The zero-order chi connectivity index (χ0) is 22.7. The minimum atomic E-state index is -1.57. The normalized spacial score (nSPS) is 21.8. The van der Waals surface area contributed by atoms with Crippen molar-refractivity contribution in [3.05, 3.63) is 0 Å². The summed E-state index contributed by atoms with van der Waals surface area (Å²) in [6.45, 7) is 3.60. The van der Waals surface area contributed by atoms with Crippen LogP contribution in [0.2, 0.25) is 0 Å². The summed E-state index contributed by atoms with van der Waals surface area (Å²) < 4.78 is 0. The van der Waals surface area contributed by atoms with Crippen molar-refractivity contribution >= 4 is 17.9 Å². The largest absolute Gasteiger partial charge is 0.480 e. The lowest BCUT2D eigenvalue weighted by atomic mass is 10.1. The second-order valence-electron chi connectivity index (χ2n) is 7.51. The Kier molecular flexibility index (Phi) is 11.8. The van der Waals surface area contributed by atoms with Gasteiger partial charge >= 0.3 is 17.9 Å². The van der Waals surface area contributed by atoms with Gasteiger partial charge in [-0.05, 0) is 6.42 Å². The van der Waals surface area contributed by atoms with Gasteiger partial charge in [0, 0.05) is 58.4 Å². The smallest absolute Gasteiger partial charge is 0.317 e. The molecular formula is C18H34N4O8.